The smallest absolute Gasteiger partial charge is 0.326 e. The number of nitrogens with zero attached hydrogens (tertiary/aromatic N) is 3. The number of ether oxygens (including phenoxy) is 1. The van der Waals surface area contributed by atoms with E-state index in [2.05, 4.69) is 5.10 Å². The standard InChI is InChI=1S/C20H23ClFN3O5S/c1-12-18(31(28,29)17-5-4-13(22)11-15(17)21)19(24-8-2-3-16(24)20(26)27)25(23-12)14-6-9-30-10-7-14/h4-5,11,14,16H,2-3,6-10H2,1H3,(H,26,27). The molecule has 3 heterocycles. The third kappa shape index (κ3) is 3.92. The number of aryl methyl sites for hydroxylation is 1. The van der Waals surface area contributed by atoms with E-state index in [9.17, 15) is 22.7 Å². The third-order valence-corrected chi connectivity index (χ3v) is 8.18. The van der Waals surface area contributed by atoms with Gasteiger partial charge in [0.1, 0.15) is 22.6 Å². The van der Waals surface area contributed by atoms with Crippen LogP contribution in [0.1, 0.15) is 37.4 Å². The minimum Gasteiger partial charge on any atom is -0.480 e. The molecule has 2 aliphatic rings. The van der Waals surface area contributed by atoms with E-state index >= 15 is 0 Å². The lowest BCUT2D eigenvalue weighted by molar-refractivity contribution is -0.138. The molecular weight excluding hydrogens is 449 g/mol. The lowest BCUT2D eigenvalue weighted by atomic mass is 10.1. The van der Waals surface area contributed by atoms with E-state index in [1.165, 1.54) is 0 Å². The lowest BCUT2D eigenvalue weighted by Gasteiger charge is -2.30. The zero-order chi connectivity index (χ0) is 22.3. The molecule has 0 amide bonds. The van der Waals surface area contributed by atoms with Gasteiger partial charge in [0, 0.05) is 19.8 Å². The highest BCUT2D eigenvalue weighted by atomic mass is 35.5. The molecule has 1 N–H and O–H groups in total. The number of hydrogen-bond acceptors (Lipinski definition) is 6. The van der Waals surface area contributed by atoms with Crippen molar-refractivity contribution in [3.63, 3.8) is 0 Å². The minimum atomic E-state index is -4.20. The number of sulfone groups is 1. The number of benzene rings is 1. The van der Waals surface area contributed by atoms with Crippen molar-refractivity contribution >= 4 is 33.2 Å². The van der Waals surface area contributed by atoms with Crippen LogP contribution in [0.5, 0.6) is 0 Å². The highest BCUT2D eigenvalue weighted by molar-refractivity contribution is 7.91. The average Bonchev–Trinajstić information content (AvgIpc) is 3.32. The predicted octanol–water partition coefficient (Wildman–Crippen LogP) is 3.22. The fourth-order valence-corrected chi connectivity index (χ4v) is 6.50. The number of carbonyl (C=O) groups is 1. The monoisotopic (exact) mass is 471 g/mol. The topological polar surface area (TPSA) is 102 Å². The number of anilines is 1. The van der Waals surface area contributed by atoms with Gasteiger partial charge in [-0.1, -0.05) is 11.6 Å². The molecule has 31 heavy (non-hydrogen) atoms. The van der Waals surface area contributed by atoms with Gasteiger partial charge in [-0.25, -0.2) is 22.3 Å². The molecule has 2 aliphatic heterocycles. The molecule has 0 radical (unpaired) electrons. The first kappa shape index (κ1) is 22.0. The summed E-state index contributed by atoms with van der Waals surface area (Å²) in [5.74, 6) is -1.41. The third-order valence-electron chi connectivity index (χ3n) is 5.81. The Labute approximate surface area is 184 Å². The Balaban J connectivity index is 1.93. The van der Waals surface area contributed by atoms with Crippen molar-refractivity contribution in [3.8, 4) is 0 Å². The maximum absolute atomic E-state index is 13.7. The highest BCUT2D eigenvalue weighted by Gasteiger charge is 2.40. The second-order valence-corrected chi connectivity index (χ2v) is 10.1. The number of aliphatic carboxylic acids is 1. The SMILES string of the molecule is Cc1nn(C2CCOCC2)c(N2CCCC2C(=O)O)c1S(=O)(=O)c1ccc(F)cc1Cl. The van der Waals surface area contributed by atoms with Gasteiger partial charge in [-0.2, -0.15) is 5.10 Å². The fourth-order valence-electron chi connectivity index (χ4n) is 4.36. The molecule has 1 aromatic heterocycles. The Kier molecular flexibility index (Phi) is 5.97. The van der Waals surface area contributed by atoms with Crippen molar-refractivity contribution in [1.82, 2.24) is 9.78 Å². The molecular formula is C20H23ClFN3O5S. The quantitative estimate of drug-likeness (QED) is 0.668. The van der Waals surface area contributed by atoms with Crippen molar-refractivity contribution < 1.29 is 27.4 Å². The Hall–Kier alpha value is -2.17. The Morgan fingerprint density at radius 2 is 2.00 bits per heavy atom. The summed E-state index contributed by atoms with van der Waals surface area (Å²) in [6.07, 6.45) is 2.29. The summed E-state index contributed by atoms with van der Waals surface area (Å²) in [6.45, 7) is 3.00. The second-order valence-electron chi connectivity index (χ2n) is 7.79. The van der Waals surface area contributed by atoms with Gasteiger partial charge in [0.2, 0.25) is 9.84 Å². The number of hydrogen-bond donors (Lipinski definition) is 1. The molecule has 11 heteroatoms. The first-order chi connectivity index (χ1) is 14.7. The molecule has 4 rings (SSSR count). The maximum atomic E-state index is 13.7. The number of aromatic nitrogens is 2. The summed E-state index contributed by atoms with van der Waals surface area (Å²) in [5.41, 5.74) is 0.248. The van der Waals surface area contributed by atoms with E-state index in [0.29, 0.717) is 45.4 Å². The van der Waals surface area contributed by atoms with E-state index in [1.54, 1.807) is 16.5 Å². The molecule has 1 atom stereocenters. The van der Waals surface area contributed by atoms with E-state index in [4.69, 9.17) is 16.3 Å². The van der Waals surface area contributed by atoms with Crippen LogP contribution in [0.2, 0.25) is 5.02 Å². The predicted molar refractivity (Wildman–Crippen MR) is 111 cm³/mol. The molecule has 2 aromatic rings. The molecule has 168 valence electrons. The molecule has 8 nitrogen and oxygen atoms in total. The van der Waals surface area contributed by atoms with Crippen LogP contribution in [-0.4, -0.2) is 55.1 Å². The van der Waals surface area contributed by atoms with Gasteiger partial charge in [-0.15, -0.1) is 0 Å². The van der Waals surface area contributed by atoms with Crippen LogP contribution in [0.4, 0.5) is 10.2 Å². The molecule has 0 spiro atoms. The molecule has 0 aliphatic carbocycles. The molecule has 1 unspecified atom stereocenters. The average molecular weight is 472 g/mol. The number of rotatable bonds is 5. The molecule has 2 saturated heterocycles. The van der Waals surface area contributed by atoms with E-state index in [1.807, 2.05) is 0 Å². The van der Waals surface area contributed by atoms with Crippen LogP contribution in [0, 0.1) is 12.7 Å². The zero-order valence-corrected chi connectivity index (χ0v) is 18.5. The number of carboxylic acids is 1. The van der Waals surface area contributed by atoms with Crippen molar-refractivity contribution in [2.24, 2.45) is 0 Å². The van der Waals surface area contributed by atoms with Gasteiger partial charge in [-0.05, 0) is 50.8 Å². The van der Waals surface area contributed by atoms with Crippen molar-refractivity contribution in [2.75, 3.05) is 24.7 Å². The fraction of sp³-hybridized carbons (Fsp3) is 0.500. The summed E-state index contributed by atoms with van der Waals surface area (Å²) >= 11 is 6.09. The first-order valence-corrected chi connectivity index (χ1v) is 11.9. The lowest BCUT2D eigenvalue weighted by Crippen LogP contribution is -2.39. The minimum absolute atomic E-state index is 0.0827. The van der Waals surface area contributed by atoms with Crippen LogP contribution < -0.4 is 4.90 Å². The molecule has 0 saturated carbocycles. The summed E-state index contributed by atoms with van der Waals surface area (Å²) in [5, 5.41) is 14.0. The van der Waals surface area contributed by atoms with Gasteiger partial charge in [0.15, 0.2) is 0 Å². The van der Waals surface area contributed by atoms with Gasteiger partial charge in [-0.3, -0.25) is 0 Å². The summed E-state index contributed by atoms with van der Waals surface area (Å²) < 4.78 is 48.0. The van der Waals surface area contributed by atoms with Crippen molar-refractivity contribution in [3.05, 3.63) is 34.7 Å². The van der Waals surface area contributed by atoms with Crippen molar-refractivity contribution in [2.45, 2.75) is 54.5 Å². The Morgan fingerprint density at radius 3 is 2.65 bits per heavy atom. The zero-order valence-electron chi connectivity index (χ0n) is 16.9. The van der Waals surface area contributed by atoms with Crippen LogP contribution in [0.3, 0.4) is 0 Å². The summed E-state index contributed by atoms with van der Waals surface area (Å²) in [6, 6.07) is 2.13. The Morgan fingerprint density at radius 1 is 1.29 bits per heavy atom. The summed E-state index contributed by atoms with van der Waals surface area (Å²) in [7, 11) is -4.20. The van der Waals surface area contributed by atoms with Crippen LogP contribution >= 0.6 is 11.6 Å². The highest BCUT2D eigenvalue weighted by Crippen LogP contribution is 2.41. The number of halogens is 2. The molecule has 1 aromatic carbocycles. The van der Waals surface area contributed by atoms with Gasteiger partial charge >= 0.3 is 5.97 Å². The first-order valence-electron chi connectivity index (χ1n) is 10.1. The Bertz CT molecular complexity index is 1110. The molecule has 2 fully saturated rings. The largest absolute Gasteiger partial charge is 0.480 e. The van der Waals surface area contributed by atoms with Gasteiger partial charge in [0.05, 0.1) is 21.7 Å². The van der Waals surface area contributed by atoms with Crippen molar-refractivity contribution in [1.29, 1.82) is 0 Å². The molecule has 0 bridgehead atoms. The normalized spacial score (nSPS) is 20.4. The van der Waals surface area contributed by atoms with Crippen LogP contribution in [-0.2, 0) is 19.4 Å². The van der Waals surface area contributed by atoms with E-state index in [-0.39, 0.29) is 32.4 Å². The van der Waals surface area contributed by atoms with E-state index < -0.39 is 27.7 Å². The summed E-state index contributed by atoms with van der Waals surface area (Å²) in [4.78, 5) is 13.2. The van der Waals surface area contributed by atoms with E-state index in [0.717, 1.165) is 18.2 Å². The second kappa shape index (κ2) is 8.40. The van der Waals surface area contributed by atoms with Gasteiger partial charge in [0.25, 0.3) is 0 Å². The van der Waals surface area contributed by atoms with Crippen LogP contribution in [0.15, 0.2) is 28.0 Å². The maximum Gasteiger partial charge on any atom is 0.326 e. The van der Waals surface area contributed by atoms with Gasteiger partial charge < -0.3 is 14.7 Å². The number of carboxylic acid groups (broad SMARTS) is 1. The van der Waals surface area contributed by atoms with Crippen LogP contribution in [0.25, 0.3) is 0 Å².